The van der Waals surface area contributed by atoms with Gasteiger partial charge in [-0.25, -0.2) is 0 Å². The number of amides is 1. The number of carbonyl (C=O) groups is 1. The van der Waals surface area contributed by atoms with E-state index in [1.165, 1.54) is 327 Å². The van der Waals surface area contributed by atoms with Crippen LogP contribution in [0.3, 0.4) is 0 Å². The third-order valence-corrected chi connectivity index (χ3v) is 22.7. The molecule has 0 bridgehead atoms. The summed E-state index contributed by atoms with van der Waals surface area (Å²) in [6, 6.07) is -0.884. The Bertz CT molecular complexity index is 1880. The summed E-state index contributed by atoms with van der Waals surface area (Å²) in [5.74, 6) is -0.231. The average molecular weight is 1490 g/mol. The van der Waals surface area contributed by atoms with Gasteiger partial charge < -0.3 is 89.9 Å². The Kier molecular flexibility index (Phi) is 61.9. The quantitative estimate of drug-likeness (QED) is 0.0252. The van der Waals surface area contributed by atoms with Crippen LogP contribution in [0.25, 0.3) is 0 Å². The number of hydrogen-bond donors (Lipinski definition) is 12. The first kappa shape index (κ1) is 97.0. The largest absolute Gasteiger partial charge is 0.394 e. The van der Waals surface area contributed by atoms with Crippen molar-refractivity contribution in [3.05, 3.63) is 0 Å². The van der Waals surface area contributed by atoms with Crippen molar-refractivity contribution >= 4 is 5.91 Å². The number of ether oxygens (including phenoxy) is 6. The standard InChI is InChI=1S/C85H165NO18/c1-3-5-7-9-11-13-15-17-19-21-23-25-27-28-29-30-31-32-33-34-35-36-37-38-39-40-41-43-45-47-49-51-53-55-57-59-61-63-73(91)86-68(69(90)62-60-58-56-54-52-50-48-46-44-42-26-24-22-20-18-16-14-12-10-8-6-4-2)67-99-83-79(97)76(94)81(71(65-88)101-83)104-85-80(98)77(95)82(72(66-89)102-85)103-84-78(96)75(93)74(92)70(64-87)100-84/h68-72,74-85,87-90,92-98H,3-67H2,1-2H3,(H,86,91). The van der Waals surface area contributed by atoms with E-state index in [9.17, 15) is 61.0 Å². The molecule has 0 aromatic heterocycles. The molecule has 19 heteroatoms. The number of rotatable bonds is 73. The Balaban J connectivity index is 1.30. The molecule has 3 aliphatic rings. The maximum Gasteiger partial charge on any atom is 0.220 e. The molecule has 3 fully saturated rings. The smallest absolute Gasteiger partial charge is 0.220 e. The van der Waals surface area contributed by atoms with Crippen LogP contribution >= 0.6 is 0 Å². The zero-order valence-electron chi connectivity index (χ0n) is 66.6. The number of aliphatic hydroxyl groups is 11. The first-order valence-corrected chi connectivity index (χ1v) is 44.3. The van der Waals surface area contributed by atoms with Crippen molar-refractivity contribution in [1.82, 2.24) is 5.32 Å². The van der Waals surface area contributed by atoms with Gasteiger partial charge in [0.25, 0.3) is 0 Å². The highest BCUT2D eigenvalue weighted by atomic mass is 16.8. The van der Waals surface area contributed by atoms with Gasteiger partial charge in [0.1, 0.15) is 73.2 Å². The molecule has 17 atom stereocenters. The fourth-order valence-corrected chi connectivity index (χ4v) is 15.6. The van der Waals surface area contributed by atoms with E-state index in [2.05, 4.69) is 19.2 Å². The predicted octanol–water partition coefficient (Wildman–Crippen LogP) is 16.1. The van der Waals surface area contributed by atoms with Gasteiger partial charge in [-0.3, -0.25) is 4.79 Å². The van der Waals surface area contributed by atoms with Gasteiger partial charge in [0, 0.05) is 6.42 Å². The number of aliphatic hydroxyl groups excluding tert-OH is 11. The SMILES string of the molecule is CCCCCCCCCCCCCCCCCCCCCCCCCCCCCCCCCCCCCCCC(=O)NC(COC1OC(CO)C(OC2OC(CO)C(OC3OC(CO)C(O)C(O)C3O)C(O)C2O)C(O)C1O)C(O)CCCCCCCCCCCCCCCCCCCCCCCC. The first-order valence-electron chi connectivity index (χ1n) is 44.3. The van der Waals surface area contributed by atoms with Crippen LogP contribution < -0.4 is 5.32 Å². The molecule has 1 amide bonds. The van der Waals surface area contributed by atoms with Gasteiger partial charge >= 0.3 is 0 Å². The summed E-state index contributed by atoms with van der Waals surface area (Å²) in [4.78, 5) is 13.5. The van der Waals surface area contributed by atoms with Crippen molar-refractivity contribution in [2.75, 3.05) is 26.4 Å². The number of unbranched alkanes of at least 4 members (excludes halogenated alkanes) is 57. The van der Waals surface area contributed by atoms with Crippen LogP contribution in [-0.4, -0.2) is 193 Å². The molecule has 0 spiro atoms. The van der Waals surface area contributed by atoms with Crippen LogP contribution in [0.4, 0.5) is 0 Å². The number of hydrogen-bond acceptors (Lipinski definition) is 18. The van der Waals surface area contributed by atoms with Crippen molar-refractivity contribution < 1.29 is 89.4 Å². The summed E-state index contributed by atoms with van der Waals surface area (Å²) < 4.78 is 34.6. The van der Waals surface area contributed by atoms with Crippen LogP contribution in [0, 0.1) is 0 Å². The summed E-state index contributed by atoms with van der Waals surface area (Å²) in [6.45, 7) is 1.88. The fourth-order valence-electron chi connectivity index (χ4n) is 15.6. The second-order valence-corrected chi connectivity index (χ2v) is 32.1. The Labute approximate surface area is 634 Å². The molecule has 3 heterocycles. The maximum atomic E-state index is 13.5. The summed E-state index contributed by atoms with van der Waals surface area (Å²) >= 11 is 0. The van der Waals surface area contributed by atoms with Crippen LogP contribution in [0.15, 0.2) is 0 Å². The Hall–Kier alpha value is -1.21. The molecule has 17 unspecified atom stereocenters. The lowest BCUT2D eigenvalue weighted by Gasteiger charge is -2.48. The first-order chi connectivity index (χ1) is 50.8. The summed E-state index contributed by atoms with van der Waals surface area (Å²) in [5, 5.41) is 121. The van der Waals surface area contributed by atoms with E-state index in [-0.39, 0.29) is 18.9 Å². The molecule has 0 aromatic carbocycles. The number of carbonyl (C=O) groups excluding carboxylic acids is 1. The Morgan fingerprint density at radius 2 is 0.548 bits per heavy atom. The molecule has 3 saturated heterocycles. The molecular weight excluding hydrogens is 1320 g/mol. The highest BCUT2D eigenvalue weighted by Crippen LogP contribution is 2.34. The van der Waals surface area contributed by atoms with Gasteiger partial charge in [0.2, 0.25) is 5.91 Å². The summed E-state index contributed by atoms with van der Waals surface area (Å²) in [6.07, 6.45) is 52.2. The Morgan fingerprint density at radius 1 is 0.308 bits per heavy atom. The molecule has 0 saturated carbocycles. The van der Waals surface area contributed by atoms with Crippen LogP contribution in [-0.2, 0) is 33.2 Å². The lowest BCUT2D eigenvalue weighted by Crippen LogP contribution is -2.66. The van der Waals surface area contributed by atoms with Gasteiger partial charge in [0.05, 0.1) is 38.6 Å². The number of nitrogens with one attached hydrogen (secondary N) is 1. The van der Waals surface area contributed by atoms with E-state index < -0.39 is 124 Å². The van der Waals surface area contributed by atoms with Crippen molar-refractivity contribution in [3.63, 3.8) is 0 Å². The molecule has 19 nitrogen and oxygen atoms in total. The summed E-state index contributed by atoms with van der Waals surface area (Å²) in [7, 11) is 0. The zero-order valence-corrected chi connectivity index (χ0v) is 66.6. The topological polar surface area (TPSA) is 307 Å². The van der Waals surface area contributed by atoms with Crippen molar-refractivity contribution in [2.45, 2.75) is 510 Å². The minimum absolute atomic E-state index is 0.231. The Morgan fingerprint density at radius 3 is 0.837 bits per heavy atom. The molecule has 12 N–H and O–H groups in total. The molecule has 3 aliphatic heterocycles. The van der Waals surface area contributed by atoms with Gasteiger partial charge in [-0.1, -0.05) is 386 Å². The second-order valence-electron chi connectivity index (χ2n) is 32.1. The van der Waals surface area contributed by atoms with Crippen molar-refractivity contribution in [2.24, 2.45) is 0 Å². The maximum absolute atomic E-state index is 13.5. The van der Waals surface area contributed by atoms with E-state index in [1.807, 2.05) is 0 Å². The summed E-state index contributed by atoms with van der Waals surface area (Å²) in [5.41, 5.74) is 0. The van der Waals surface area contributed by atoms with Crippen LogP contribution in [0.5, 0.6) is 0 Å². The van der Waals surface area contributed by atoms with Crippen LogP contribution in [0.2, 0.25) is 0 Å². The van der Waals surface area contributed by atoms with E-state index in [1.54, 1.807) is 0 Å². The lowest BCUT2D eigenvalue weighted by atomic mass is 9.96. The fraction of sp³-hybridized carbons (Fsp3) is 0.988. The van der Waals surface area contributed by atoms with Crippen LogP contribution in [0.1, 0.15) is 406 Å². The predicted molar refractivity (Wildman–Crippen MR) is 416 cm³/mol. The molecule has 3 rings (SSSR count). The van der Waals surface area contributed by atoms with Gasteiger partial charge in [-0.15, -0.1) is 0 Å². The zero-order chi connectivity index (χ0) is 75.3. The lowest BCUT2D eigenvalue weighted by molar-refractivity contribution is -0.379. The molecular formula is C85H165NO18. The second kappa shape index (κ2) is 66.4. The molecule has 0 aromatic rings. The third kappa shape index (κ3) is 45.3. The average Bonchev–Trinajstić information content (AvgIpc) is 0.783. The normalized spacial score (nSPS) is 25.8. The third-order valence-electron chi connectivity index (χ3n) is 22.7. The van der Waals surface area contributed by atoms with E-state index in [4.69, 9.17) is 28.4 Å². The van der Waals surface area contributed by atoms with Gasteiger partial charge in [-0.05, 0) is 12.8 Å². The van der Waals surface area contributed by atoms with E-state index >= 15 is 0 Å². The van der Waals surface area contributed by atoms with E-state index in [0.717, 1.165) is 44.9 Å². The highest BCUT2D eigenvalue weighted by Gasteiger charge is 2.54. The van der Waals surface area contributed by atoms with Gasteiger partial charge in [0.15, 0.2) is 18.9 Å². The molecule has 618 valence electrons. The van der Waals surface area contributed by atoms with E-state index in [0.29, 0.717) is 12.8 Å². The van der Waals surface area contributed by atoms with Crippen molar-refractivity contribution in [3.8, 4) is 0 Å². The minimum atomic E-state index is -1.97. The molecule has 0 aliphatic carbocycles. The molecule has 104 heavy (non-hydrogen) atoms. The van der Waals surface area contributed by atoms with Crippen molar-refractivity contribution in [1.29, 1.82) is 0 Å². The highest BCUT2D eigenvalue weighted by molar-refractivity contribution is 5.76. The van der Waals surface area contributed by atoms with Gasteiger partial charge in [-0.2, -0.15) is 0 Å². The minimum Gasteiger partial charge on any atom is -0.394 e. The monoisotopic (exact) mass is 1490 g/mol. The molecule has 0 radical (unpaired) electrons.